The molecule has 1 fully saturated rings. The third kappa shape index (κ3) is 1.14. The molecule has 0 aromatic heterocycles. The van der Waals surface area contributed by atoms with Gasteiger partial charge >= 0.3 is 0 Å². The largest absolute Gasteiger partial charge is 0.365 e. The molecule has 0 aromatic carbocycles. The lowest BCUT2D eigenvalue weighted by atomic mass is 9.91. The topological polar surface area (TPSA) is 12.5 Å². The van der Waals surface area contributed by atoms with E-state index in [0.29, 0.717) is 24.0 Å². The minimum Gasteiger partial charge on any atom is -0.365 e. The zero-order valence-electron chi connectivity index (χ0n) is 7.15. The van der Waals surface area contributed by atoms with Gasteiger partial charge < -0.3 is 4.74 Å². The fraction of sp³-hybridized carbons (Fsp3) is 0.455. The highest BCUT2D eigenvalue weighted by Crippen LogP contribution is 2.40. The average Bonchev–Trinajstić information content (AvgIpc) is 2.74. The van der Waals surface area contributed by atoms with Gasteiger partial charge in [-0.05, 0) is 12.3 Å². The van der Waals surface area contributed by atoms with E-state index in [1.807, 2.05) is 12.2 Å². The highest BCUT2D eigenvalue weighted by Gasteiger charge is 2.44. The number of hydrogen-bond acceptors (Lipinski definition) is 1. The van der Waals surface area contributed by atoms with Crippen LogP contribution in [0.1, 0.15) is 6.42 Å². The molecule has 0 amide bonds. The van der Waals surface area contributed by atoms with Crippen molar-refractivity contribution in [2.24, 2.45) is 11.8 Å². The van der Waals surface area contributed by atoms with Crippen molar-refractivity contribution in [1.29, 1.82) is 0 Å². The van der Waals surface area contributed by atoms with Gasteiger partial charge in [0.1, 0.15) is 6.10 Å². The zero-order chi connectivity index (χ0) is 8.55. The number of hydrogen-bond donors (Lipinski definition) is 0. The Bertz CT molecular complexity index is 229. The molecule has 0 radical (unpaired) electrons. The van der Waals surface area contributed by atoms with E-state index < -0.39 is 0 Å². The second-order valence-corrected chi connectivity index (χ2v) is 3.44. The van der Waals surface area contributed by atoms with Gasteiger partial charge in [-0.25, -0.2) is 0 Å². The molecule has 1 aliphatic carbocycles. The van der Waals surface area contributed by atoms with Crippen LogP contribution in [0.3, 0.4) is 0 Å². The fourth-order valence-electron chi connectivity index (χ4n) is 1.93. The number of rotatable bonds is 3. The minimum absolute atomic E-state index is 0.292. The van der Waals surface area contributed by atoms with E-state index in [1.165, 1.54) is 0 Å². The highest BCUT2D eigenvalue weighted by molar-refractivity contribution is 5.15. The van der Waals surface area contributed by atoms with Gasteiger partial charge in [0.15, 0.2) is 0 Å². The average molecular weight is 162 g/mol. The smallest absolute Gasteiger partial charge is 0.103 e. The Labute approximate surface area is 73.4 Å². The molecule has 0 N–H and O–H groups in total. The van der Waals surface area contributed by atoms with Crippen molar-refractivity contribution in [3.63, 3.8) is 0 Å². The summed E-state index contributed by atoms with van der Waals surface area (Å²) in [5, 5.41) is 0. The van der Waals surface area contributed by atoms with E-state index in [-0.39, 0.29) is 0 Å². The van der Waals surface area contributed by atoms with Gasteiger partial charge in [0.25, 0.3) is 0 Å². The molecule has 12 heavy (non-hydrogen) atoms. The first-order valence-electron chi connectivity index (χ1n) is 4.44. The summed E-state index contributed by atoms with van der Waals surface area (Å²) in [7, 11) is 0. The van der Waals surface area contributed by atoms with Crippen molar-refractivity contribution in [2.75, 3.05) is 0 Å². The second kappa shape index (κ2) is 2.91. The third-order valence-electron chi connectivity index (χ3n) is 2.74. The first-order valence-corrected chi connectivity index (χ1v) is 4.44. The maximum absolute atomic E-state index is 5.47. The molecular weight excluding hydrogens is 148 g/mol. The predicted octanol–water partition coefficient (Wildman–Crippen LogP) is 2.32. The molecular formula is C11H14O. The SMILES string of the molecule is C=C[C@@H]1O[C@H]1[C@@H]1C=CC[C@@H]1C=C. The molecule has 1 aliphatic heterocycles. The number of epoxide rings is 1. The van der Waals surface area contributed by atoms with Crippen LogP contribution >= 0.6 is 0 Å². The lowest BCUT2D eigenvalue weighted by Crippen LogP contribution is -2.13. The standard InChI is InChI=1S/C11H14O/c1-3-8-6-5-7-9(8)11-10(4-2)12-11/h3-5,7-11H,1-2,6H2/t8-,9+,10-,11-/m0/s1. The Morgan fingerprint density at radius 3 is 2.75 bits per heavy atom. The molecule has 0 unspecified atom stereocenters. The van der Waals surface area contributed by atoms with E-state index in [0.717, 1.165) is 6.42 Å². The molecule has 1 heterocycles. The summed E-state index contributed by atoms with van der Waals surface area (Å²) in [4.78, 5) is 0. The summed E-state index contributed by atoms with van der Waals surface area (Å²) >= 11 is 0. The van der Waals surface area contributed by atoms with Crippen LogP contribution in [0.2, 0.25) is 0 Å². The molecule has 1 nitrogen and oxygen atoms in total. The maximum Gasteiger partial charge on any atom is 0.103 e. The van der Waals surface area contributed by atoms with E-state index in [2.05, 4.69) is 25.3 Å². The molecule has 1 heteroatoms. The van der Waals surface area contributed by atoms with Gasteiger partial charge in [0, 0.05) is 5.92 Å². The van der Waals surface area contributed by atoms with E-state index in [9.17, 15) is 0 Å². The first-order chi connectivity index (χ1) is 5.86. The monoisotopic (exact) mass is 162 g/mol. The number of ether oxygens (including phenoxy) is 1. The molecule has 4 atom stereocenters. The van der Waals surface area contributed by atoms with Crippen molar-refractivity contribution < 1.29 is 4.74 Å². The van der Waals surface area contributed by atoms with Crippen LogP contribution in [-0.4, -0.2) is 12.2 Å². The third-order valence-corrected chi connectivity index (χ3v) is 2.74. The van der Waals surface area contributed by atoms with Crippen LogP contribution < -0.4 is 0 Å². The summed E-state index contributed by atoms with van der Waals surface area (Å²) in [6, 6.07) is 0. The van der Waals surface area contributed by atoms with Gasteiger partial charge in [-0.3, -0.25) is 0 Å². The molecule has 0 bridgehead atoms. The summed E-state index contributed by atoms with van der Waals surface area (Å²) in [6.07, 6.45) is 10.2. The normalized spacial score (nSPS) is 44.3. The van der Waals surface area contributed by atoms with Crippen LogP contribution in [0.5, 0.6) is 0 Å². The summed E-state index contributed by atoms with van der Waals surface area (Å²) in [5.41, 5.74) is 0. The highest BCUT2D eigenvalue weighted by atomic mass is 16.6. The molecule has 2 aliphatic rings. The molecule has 0 aromatic rings. The molecule has 0 saturated carbocycles. The van der Waals surface area contributed by atoms with E-state index in [1.54, 1.807) is 0 Å². The minimum atomic E-state index is 0.292. The van der Waals surface area contributed by atoms with Crippen molar-refractivity contribution in [1.82, 2.24) is 0 Å². The first kappa shape index (κ1) is 7.81. The Morgan fingerprint density at radius 2 is 2.17 bits per heavy atom. The molecule has 0 spiro atoms. The summed E-state index contributed by atoms with van der Waals surface area (Å²) < 4.78 is 5.47. The second-order valence-electron chi connectivity index (χ2n) is 3.44. The van der Waals surface area contributed by atoms with Crippen molar-refractivity contribution in [2.45, 2.75) is 18.6 Å². The summed E-state index contributed by atoms with van der Waals surface area (Å²) in [6.45, 7) is 7.55. The quantitative estimate of drug-likeness (QED) is 0.458. The molecule has 64 valence electrons. The lowest BCUT2D eigenvalue weighted by Gasteiger charge is -2.11. The Hall–Kier alpha value is -0.820. The van der Waals surface area contributed by atoms with Crippen LogP contribution in [0.25, 0.3) is 0 Å². The van der Waals surface area contributed by atoms with Gasteiger partial charge in [0.2, 0.25) is 0 Å². The van der Waals surface area contributed by atoms with Gasteiger partial charge in [-0.2, -0.15) is 0 Å². The predicted molar refractivity (Wildman–Crippen MR) is 49.8 cm³/mol. The van der Waals surface area contributed by atoms with E-state index >= 15 is 0 Å². The summed E-state index contributed by atoms with van der Waals surface area (Å²) in [5.74, 6) is 1.13. The van der Waals surface area contributed by atoms with Gasteiger partial charge in [0.05, 0.1) is 6.10 Å². The van der Waals surface area contributed by atoms with Crippen molar-refractivity contribution >= 4 is 0 Å². The van der Waals surface area contributed by atoms with Crippen molar-refractivity contribution in [3.8, 4) is 0 Å². The van der Waals surface area contributed by atoms with Crippen LogP contribution in [0.15, 0.2) is 37.5 Å². The maximum atomic E-state index is 5.47. The van der Waals surface area contributed by atoms with Gasteiger partial charge in [-0.1, -0.05) is 24.3 Å². The van der Waals surface area contributed by atoms with Crippen molar-refractivity contribution in [3.05, 3.63) is 37.5 Å². The van der Waals surface area contributed by atoms with E-state index in [4.69, 9.17) is 4.74 Å². The van der Waals surface area contributed by atoms with Crippen LogP contribution in [0.4, 0.5) is 0 Å². The Kier molecular flexibility index (Phi) is 1.89. The zero-order valence-corrected chi connectivity index (χ0v) is 7.15. The lowest BCUT2D eigenvalue weighted by molar-refractivity contribution is 0.324. The number of allylic oxidation sites excluding steroid dienone is 2. The fourth-order valence-corrected chi connectivity index (χ4v) is 1.93. The van der Waals surface area contributed by atoms with Crippen LogP contribution in [-0.2, 0) is 4.74 Å². The van der Waals surface area contributed by atoms with Gasteiger partial charge in [-0.15, -0.1) is 13.2 Å². The van der Waals surface area contributed by atoms with Crippen LogP contribution in [0, 0.1) is 11.8 Å². The Balaban J connectivity index is 1.99. The molecule has 1 saturated heterocycles. The Morgan fingerprint density at radius 1 is 1.33 bits per heavy atom. The molecule has 2 rings (SSSR count).